The number of nitrogens with one attached hydrogen (secondary N) is 1. The fraction of sp³-hybridized carbons (Fsp3) is 0.400. The van der Waals surface area contributed by atoms with Crippen LogP contribution < -0.4 is 4.72 Å². The van der Waals surface area contributed by atoms with Gasteiger partial charge in [0.2, 0.25) is 10.0 Å². The largest absolute Gasteiger partial charge is 0.463 e. The molecule has 1 aromatic rings. The Bertz CT molecular complexity index is 814. The zero-order valence-electron chi connectivity index (χ0n) is 14.3. The lowest BCUT2D eigenvalue weighted by molar-refractivity contribution is -0.138. The summed E-state index contributed by atoms with van der Waals surface area (Å²) in [4.78, 5) is 12.0. The smallest absolute Gasteiger partial charge is 0.335 e. The van der Waals surface area contributed by atoms with E-state index in [2.05, 4.69) is 4.72 Å². The number of ether oxygens (including phenoxy) is 1. The lowest BCUT2D eigenvalue weighted by Crippen LogP contribution is -2.34. The topological polar surface area (TPSA) is 72.5 Å². The van der Waals surface area contributed by atoms with Crippen molar-refractivity contribution in [3.8, 4) is 0 Å². The predicted octanol–water partition coefficient (Wildman–Crippen LogP) is 3.26. The number of halogens is 2. The summed E-state index contributed by atoms with van der Waals surface area (Å²) < 4.78 is 61.3. The number of esters is 1. The number of allylic oxidation sites excluding steroid dienone is 1. The molecule has 8 heteroatoms. The molecule has 1 unspecified atom stereocenters. The van der Waals surface area contributed by atoms with Crippen LogP contribution in [0.3, 0.4) is 0 Å². The van der Waals surface area contributed by atoms with Crippen LogP contribution in [0, 0.1) is 5.82 Å². The van der Waals surface area contributed by atoms with Crippen molar-refractivity contribution in [2.24, 2.45) is 0 Å². The molecule has 0 bridgehead atoms. The fourth-order valence-electron chi connectivity index (χ4n) is 2.14. The van der Waals surface area contributed by atoms with Gasteiger partial charge in [0.05, 0.1) is 22.9 Å². The second kappa shape index (κ2) is 7.31. The van der Waals surface area contributed by atoms with Crippen LogP contribution in [0.2, 0.25) is 5.02 Å². The van der Waals surface area contributed by atoms with Crippen LogP contribution in [-0.2, 0) is 19.6 Å². The van der Waals surface area contributed by atoms with E-state index in [4.69, 9.17) is 19.1 Å². The summed E-state index contributed by atoms with van der Waals surface area (Å²) in [5.41, 5.74) is -0.180. The van der Waals surface area contributed by atoms with Crippen molar-refractivity contribution in [1.82, 2.24) is 0 Å². The van der Waals surface area contributed by atoms with Crippen LogP contribution in [0.4, 0.5) is 10.1 Å². The summed E-state index contributed by atoms with van der Waals surface area (Å²) in [5.74, 6) is -1.44. The van der Waals surface area contributed by atoms with Crippen molar-refractivity contribution in [1.29, 1.82) is 0 Å². The van der Waals surface area contributed by atoms with Gasteiger partial charge in [-0.15, -0.1) is 0 Å². The lowest BCUT2D eigenvalue weighted by Gasteiger charge is -2.24. The maximum Gasteiger partial charge on any atom is 0.335 e. The number of rotatable bonds is 5. The van der Waals surface area contributed by atoms with Gasteiger partial charge in [-0.2, -0.15) is 0 Å². The van der Waals surface area contributed by atoms with Crippen LogP contribution in [-0.4, -0.2) is 26.2 Å². The zero-order valence-corrected chi connectivity index (χ0v) is 13.9. The standard InChI is InChI=1S/C15H17ClFNO4S/c1-2-22-15(19)11-5-3-4-6-14(11)23(20,21)18-13-8-7-10(17)9-12(13)16/h5,7-9,14,18H,2-4,6H2,1H3/i4D2. The number of hydrogen-bond donors (Lipinski definition) is 1. The Kier molecular flexibility index (Phi) is 4.76. The van der Waals surface area contributed by atoms with E-state index in [9.17, 15) is 17.6 Å². The number of carbonyl (C=O) groups excluding carboxylic acids is 1. The summed E-state index contributed by atoms with van der Waals surface area (Å²) in [6.45, 7) is 1.65. The molecule has 5 nitrogen and oxygen atoms in total. The first kappa shape index (κ1) is 15.0. The van der Waals surface area contributed by atoms with Crippen LogP contribution in [0.25, 0.3) is 0 Å². The summed E-state index contributed by atoms with van der Waals surface area (Å²) in [6, 6.07) is 3.13. The van der Waals surface area contributed by atoms with Gasteiger partial charge in [0, 0.05) is 2.74 Å². The van der Waals surface area contributed by atoms with Crippen molar-refractivity contribution in [3.05, 3.63) is 40.7 Å². The third-order valence-electron chi connectivity index (χ3n) is 3.21. The molecule has 0 saturated carbocycles. The van der Waals surface area contributed by atoms with Crippen molar-refractivity contribution in [2.75, 3.05) is 11.3 Å². The third kappa shape index (κ3) is 4.23. The summed E-state index contributed by atoms with van der Waals surface area (Å²) >= 11 is 5.83. The van der Waals surface area contributed by atoms with Gasteiger partial charge in [-0.1, -0.05) is 17.7 Å². The molecule has 1 N–H and O–H groups in total. The predicted molar refractivity (Wildman–Crippen MR) is 86.3 cm³/mol. The fourth-order valence-corrected chi connectivity index (χ4v) is 3.90. The molecule has 0 aliphatic heterocycles. The quantitative estimate of drug-likeness (QED) is 0.815. The van der Waals surface area contributed by atoms with Gasteiger partial charge in [-0.3, -0.25) is 4.72 Å². The highest BCUT2D eigenvalue weighted by Gasteiger charge is 2.35. The SMILES string of the molecule is [2H]C1([2H])CC=C(C(=O)OCC)C(S(=O)(=O)Nc2ccc(F)cc2Cl)C1. The van der Waals surface area contributed by atoms with Crippen molar-refractivity contribution < 1.29 is 25.1 Å². The Morgan fingerprint density at radius 1 is 1.57 bits per heavy atom. The highest BCUT2D eigenvalue weighted by molar-refractivity contribution is 7.93. The highest BCUT2D eigenvalue weighted by Crippen LogP contribution is 2.30. The first-order valence-electron chi connectivity index (χ1n) is 7.89. The van der Waals surface area contributed by atoms with Gasteiger partial charge in [0.25, 0.3) is 0 Å². The molecule has 1 atom stereocenters. The minimum Gasteiger partial charge on any atom is -0.463 e. The van der Waals surface area contributed by atoms with Crippen LogP contribution >= 0.6 is 11.6 Å². The monoisotopic (exact) mass is 363 g/mol. The molecular weight excluding hydrogens is 345 g/mol. The zero-order chi connectivity index (χ0) is 18.8. The first-order valence-corrected chi connectivity index (χ1v) is 8.82. The molecule has 0 fully saturated rings. The Morgan fingerprint density at radius 3 is 2.96 bits per heavy atom. The summed E-state index contributed by atoms with van der Waals surface area (Å²) in [5, 5.41) is -1.60. The molecule has 0 heterocycles. The van der Waals surface area contributed by atoms with Crippen LogP contribution in [0.5, 0.6) is 0 Å². The highest BCUT2D eigenvalue weighted by atomic mass is 35.5. The van der Waals surface area contributed by atoms with Crippen molar-refractivity contribution in [2.45, 2.75) is 31.4 Å². The van der Waals surface area contributed by atoms with Gasteiger partial charge < -0.3 is 4.74 Å². The second-order valence-electron chi connectivity index (χ2n) is 4.80. The molecular formula is C15H17ClFNO4S. The second-order valence-corrected chi connectivity index (χ2v) is 7.07. The molecule has 1 aromatic carbocycles. The maximum atomic E-state index is 13.1. The molecule has 1 aliphatic rings. The van der Waals surface area contributed by atoms with E-state index < -0.39 is 39.9 Å². The lowest BCUT2D eigenvalue weighted by atomic mass is 9.99. The molecule has 2 rings (SSSR count). The normalized spacial score (nSPS) is 21.7. The minimum absolute atomic E-state index is 0.0580. The number of carbonyl (C=O) groups is 1. The van der Waals surface area contributed by atoms with Crippen molar-refractivity contribution in [3.63, 3.8) is 0 Å². The van der Waals surface area contributed by atoms with E-state index in [0.29, 0.717) is 0 Å². The molecule has 0 radical (unpaired) electrons. The first-order chi connectivity index (χ1) is 11.6. The molecule has 0 spiro atoms. The van der Waals surface area contributed by atoms with Crippen LogP contribution in [0.15, 0.2) is 29.8 Å². The van der Waals surface area contributed by atoms with Gasteiger partial charge in [0.1, 0.15) is 11.1 Å². The Balaban J connectivity index is 2.37. The van der Waals surface area contributed by atoms with Gasteiger partial charge in [-0.25, -0.2) is 17.6 Å². The Labute approximate surface area is 142 Å². The van der Waals surface area contributed by atoms with Gasteiger partial charge in [0.15, 0.2) is 0 Å². The molecule has 0 aromatic heterocycles. The van der Waals surface area contributed by atoms with E-state index in [0.717, 1.165) is 18.2 Å². The number of benzene rings is 1. The Hall–Kier alpha value is -1.60. The average Bonchev–Trinajstić information content (AvgIpc) is 2.49. The van der Waals surface area contributed by atoms with Crippen molar-refractivity contribution >= 4 is 33.3 Å². The molecule has 0 amide bonds. The molecule has 0 saturated heterocycles. The summed E-state index contributed by atoms with van der Waals surface area (Å²) in [6.07, 6.45) is -1.05. The number of sulfonamides is 1. The summed E-state index contributed by atoms with van der Waals surface area (Å²) in [7, 11) is -4.22. The van der Waals surface area contributed by atoms with E-state index in [1.807, 2.05) is 0 Å². The average molecular weight is 364 g/mol. The van der Waals surface area contributed by atoms with E-state index in [-0.39, 0.29) is 29.3 Å². The number of anilines is 1. The third-order valence-corrected chi connectivity index (χ3v) is 5.20. The van der Waals surface area contributed by atoms with E-state index in [1.165, 1.54) is 6.08 Å². The molecule has 126 valence electrons. The molecule has 1 aliphatic carbocycles. The minimum atomic E-state index is -4.22. The van der Waals surface area contributed by atoms with E-state index in [1.54, 1.807) is 6.92 Å². The maximum absolute atomic E-state index is 13.1. The molecule has 23 heavy (non-hydrogen) atoms. The van der Waals surface area contributed by atoms with Gasteiger partial charge >= 0.3 is 5.97 Å². The van der Waals surface area contributed by atoms with Gasteiger partial charge in [-0.05, 0) is 44.3 Å². The van der Waals surface area contributed by atoms with E-state index >= 15 is 0 Å². The van der Waals surface area contributed by atoms with Crippen LogP contribution in [0.1, 0.15) is 28.9 Å². The Morgan fingerprint density at radius 2 is 2.30 bits per heavy atom. The number of hydrogen-bond acceptors (Lipinski definition) is 4.